The summed E-state index contributed by atoms with van der Waals surface area (Å²) in [4.78, 5) is 12.8. The quantitative estimate of drug-likeness (QED) is 0.601. The molecule has 0 N–H and O–H groups in total. The number of aryl methyl sites for hydroxylation is 1. The number of halogens is 4. The van der Waals surface area contributed by atoms with Crippen molar-refractivity contribution in [3.05, 3.63) is 93.0 Å². The van der Waals surface area contributed by atoms with E-state index >= 15 is 0 Å². The van der Waals surface area contributed by atoms with Crippen LogP contribution in [0.1, 0.15) is 22.3 Å². The number of aromatic nitrogens is 1. The molecule has 0 fully saturated rings. The van der Waals surface area contributed by atoms with Gasteiger partial charge in [0.25, 0.3) is 5.56 Å². The molecule has 0 bridgehead atoms. The van der Waals surface area contributed by atoms with Crippen LogP contribution in [0, 0.1) is 24.1 Å². The van der Waals surface area contributed by atoms with Crippen molar-refractivity contribution in [3.63, 3.8) is 0 Å². The second-order valence-corrected chi connectivity index (χ2v) is 6.32. The lowest BCUT2D eigenvalue weighted by atomic mass is 10.0. The summed E-state index contributed by atoms with van der Waals surface area (Å²) < 4.78 is 55.0. The Morgan fingerprint density at radius 3 is 2.39 bits per heavy atom. The molecule has 2 aromatic carbocycles. The summed E-state index contributed by atoms with van der Waals surface area (Å²) in [6, 6.07) is 14.2. The molecule has 3 rings (SSSR count). The van der Waals surface area contributed by atoms with Gasteiger partial charge in [-0.05, 0) is 42.3 Å². The average Bonchev–Trinajstić information content (AvgIpc) is 2.62. The molecule has 3 aromatic rings. The van der Waals surface area contributed by atoms with Crippen LogP contribution in [-0.4, -0.2) is 4.57 Å². The lowest BCUT2D eigenvalue weighted by Gasteiger charge is -2.18. The highest BCUT2D eigenvalue weighted by Gasteiger charge is 2.36. The summed E-state index contributed by atoms with van der Waals surface area (Å²) in [6.45, 7) is 1.60. The van der Waals surface area contributed by atoms with Gasteiger partial charge >= 0.3 is 6.18 Å². The van der Waals surface area contributed by atoms with Gasteiger partial charge in [-0.3, -0.25) is 4.79 Å². The van der Waals surface area contributed by atoms with E-state index in [0.717, 1.165) is 16.2 Å². The van der Waals surface area contributed by atoms with Gasteiger partial charge in [0.05, 0.1) is 17.8 Å². The predicted molar refractivity (Wildman–Crippen MR) is 96.1 cm³/mol. The molecule has 0 radical (unpaired) electrons. The minimum absolute atomic E-state index is 0.00397. The Labute approximate surface area is 158 Å². The average molecular weight is 386 g/mol. The van der Waals surface area contributed by atoms with Gasteiger partial charge in [-0.2, -0.15) is 18.4 Å². The van der Waals surface area contributed by atoms with E-state index in [9.17, 15) is 27.6 Å². The largest absolute Gasteiger partial charge is 0.417 e. The van der Waals surface area contributed by atoms with E-state index < -0.39 is 28.7 Å². The third kappa shape index (κ3) is 3.81. The minimum atomic E-state index is -4.86. The van der Waals surface area contributed by atoms with Gasteiger partial charge in [-0.1, -0.05) is 35.9 Å². The fourth-order valence-electron chi connectivity index (χ4n) is 3.00. The lowest BCUT2D eigenvalue weighted by molar-refractivity contribution is -0.137. The molecule has 0 spiro atoms. The van der Waals surface area contributed by atoms with E-state index in [1.165, 1.54) is 24.3 Å². The molecule has 0 aliphatic heterocycles. The van der Waals surface area contributed by atoms with Gasteiger partial charge in [0.2, 0.25) is 0 Å². The smallest absolute Gasteiger partial charge is 0.303 e. The number of benzene rings is 2. The highest BCUT2D eigenvalue weighted by atomic mass is 19.4. The van der Waals surface area contributed by atoms with Crippen LogP contribution >= 0.6 is 0 Å². The maximum absolute atomic E-state index is 13.5. The summed E-state index contributed by atoms with van der Waals surface area (Å²) in [5.74, 6) is -0.532. The number of alkyl halides is 3. The van der Waals surface area contributed by atoms with Crippen molar-refractivity contribution < 1.29 is 17.6 Å². The van der Waals surface area contributed by atoms with Crippen molar-refractivity contribution in [1.82, 2.24) is 4.57 Å². The highest BCUT2D eigenvalue weighted by Crippen LogP contribution is 2.33. The molecule has 0 aliphatic rings. The molecule has 7 heteroatoms. The highest BCUT2D eigenvalue weighted by molar-refractivity contribution is 5.63. The third-order valence-electron chi connectivity index (χ3n) is 4.26. The standard InChI is InChI=1S/C21H14F4N2O/c1-13-4-2-6-15(8-13)19-10-18(21(23,24)25)17(11-26)20(28)27(19)12-14-5-3-7-16(22)9-14/h2-10H,12H2,1H3. The number of nitriles is 1. The zero-order chi connectivity index (χ0) is 20.5. The molecule has 0 saturated heterocycles. The first-order valence-corrected chi connectivity index (χ1v) is 8.27. The molecule has 3 nitrogen and oxygen atoms in total. The first kappa shape index (κ1) is 19.4. The van der Waals surface area contributed by atoms with E-state index in [4.69, 9.17) is 0 Å². The molecular formula is C21H14F4N2O. The van der Waals surface area contributed by atoms with Crippen LogP contribution in [0.15, 0.2) is 59.4 Å². The fraction of sp³-hybridized carbons (Fsp3) is 0.143. The Bertz CT molecular complexity index is 1140. The molecule has 142 valence electrons. The van der Waals surface area contributed by atoms with E-state index in [0.29, 0.717) is 11.1 Å². The van der Waals surface area contributed by atoms with Crippen LogP contribution in [-0.2, 0) is 12.7 Å². The predicted octanol–water partition coefficient (Wildman–Crippen LogP) is 4.90. The number of nitrogens with zero attached hydrogens (tertiary/aromatic N) is 2. The molecular weight excluding hydrogens is 372 g/mol. The summed E-state index contributed by atoms with van der Waals surface area (Å²) in [7, 11) is 0. The van der Waals surface area contributed by atoms with Gasteiger partial charge in [-0.15, -0.1) is 0 Å². The third-order valence-corrected chi connectivity index (χ3v) is 4.26. The van der Waals surface area contributed by atoms with Gasteiger partial charge in [0.1, 0.15) is 17.4 Å². The first-order chi connectivity index (χ1) is 13.2. The van der Waals surface area contributed by atoms with E-state index in [1.807, 2.05) is 0 Å². The Hall–Kier alpha value is -3.40. The Balaban J connectivity index is 2.32. The van der Waals surface area contributed by atoms with Crippen LogP contribution in [0.5, 0.6) is 0 Å². The van der Waals surface area contributed by atoms with Gasteiger partial charge in [0.15, 0.2) is 0 Å². The fourth-order valence-corrected chi connectivity index (χ4v) is 3.00. The monoisotopic (exact) mass is 386 g/mol. The van der Waals surface area contributed by atoms with Crippen LogP contribution in [0.4, 0.5) is 17.6 Å². The van der Waals surface area contributed by atoms with Crippen LogP contribution < -0.4 is 5.56 Å². The van der Waals surface area contributed by atoms with Crippen molar-refractivity contribution in [1.29, 1.82) is 5.26 Å². The number of hydrogen-bond acceptors (Lipinski definition) is 2. The molecule has 0 saturated carbocycles. The zero-order valence-electron chi connectivity index (χ0n) is 14.7. The van der Waals surface area contributed by atoms with Crippen LogP contribution in [0.2, 0.25) is 0 Å². The Morgan fingerprint density at radius 2 is 1.79 bits per heavy atom. The molecule has 1 aromatic heterocycles. The minimum Gasteiger partial charge on any atom is -0.303 e. The summed E-state index contributed by atoms with van der Waals surface area (Å²) >= 11 is 0. The van der Waals surface area contributed by atoms with E-state index in [2.05, 4.69) is 0 Å². The number of pyridine rings is 1. The zero-order valence-corrected chi connectivity index (χ0v) is 14.7. The van der Waals surface area contributed by atoms with Gasteiger partial charge in [0, 0.05) is 0 Å². The van der Waals surface area contributed by atoms with Crippen LogP contribution in [0.25, 0.3) is 11.3 Å². The summed E-state index contributed by atoms with van der Waals surface area (Å²) in [5.41, 5.74) is -1.77. The van der Waals surface area contributed by atoms with Crippen molar-refractivity contribution in [2.24, 2.45) is 0 Å². The molecule has 0 atom stereocenters. The van der Waals surface area contributed by atoms with Crippen molar-refractivity contribution in [2.75, 3.05) is 0 Å². The molecule has 1 heterocycles. The summed E-state index contributed by atoms with van der Waals surface area (Å²) in [5, 5.41) is 9.18. The number of hydrogen-bond donors (Lipinski definition) is 0. The van der Waals surface area contributed by atoms with Crippen molar-refractivity contribution >= 4 is 0 Å². The molecule has 0 unspecified atom stereocenters. The second kappa shape index (κ2) is 7.31. The first-order valence-electron chi connectivity index (χ1n) is 8.27. The molecule has 0 amide bonds. The maximum Gasteiger partial charge on any atom is 0.417 e. The molecule has 28 heavy (non-hydrogen) atoms. The van der Waals surface area contributed by atoms with Gasteiger partial charge < -0.3 is 4.57 Å². The van der Waals surface area contributed by atoms with Crippen LogP contribution in [0.3, 0.4) is 0 Å². The van der Waals surface area contributed by atoms with Crippen molar-refractivity contribution in [3.8, 4) is 17.3 Å². The SMILES string of the molecule is Cc1cccc(-c2cc(C(F)(F)F)c(C#N)c(=O)n2Cc2cccc(F)c2)c1. The Morgan fingerprint density at radius 1 is 1.07 bits per heavy atom. The van der Waals surface area contributed by atoms with Gasteiger partial charge in [-0.25, -0.2) is 4.39 Å². The maximum atomic E-state index is 13.5. The second-order valence-electron chi connectivity index (χ2n) is 6.32. The molecule has 0 aliphatic carbocycles. The summed E-state index contributed by atoms with van der Waals surface area (Å²) in [6.07, 6.45) is -4.86. The lowest BCUT2D eigenvalue weighted by Crippen LogP contribution is -2.28. The van der Waals surface area contributed by atoms with Crippen molar-refractivity contribution in [2.45, 2.75) is 19.6 Å². The number of rotatable bonds is 3. The Kier molecular flexibility index (Phi) is 5.06. The topological polar surface area (TPSA) is 45.8 Å². The van der Waals surface area contributed by atoms with E-state index in [-0.39, 0.29) is 12.2 Å². The normalized spacial score (nSPS) is 11.3. The van der Waals surface area contributed by atoms with E-state index in [1.54, 1.807) is 37.3 Å².